The number of rotatable bonds is 3. The summed E-state index contributed by atoms with van der Waals surface area (Å²) in [4.78, 5) is 9.59. The number of alkyl halides is 3. The Hall–Kier alpha value is -2.71. The van der Waals surface area contributed by atoms with Gasteiger partial charge in [-0.2, -0.15) is 18.2 Å². The molecule has 0 radical (unpaired) electrons. The number of fused-ring (bicyclic) bond motifs is 1. The second-order valence-corrected chi connectivity index (χ2v) is 5.82. The summed E-state index contributed by atoms with van der Waals surface area (Å²) < 4.78 is 50.3. The van der Waals surface area contributed by atoms with Crippen molar-refractivity contribution in [1.82, 2.24) is 9.97 Å². The molecule has 1 N–H and O–H groups in total. The molecule has 3 heterocycles. The molecule has 0 atom stereocenters. The van der Waals surface area contributed by atoms with Gasteiger partial charge in [-0.25, -0.2) is 4.98 Å². The monoisotopic (exact) mass is 352 g/mol. The van der Waals surface area contributed by atoms with Crippen LogP contribution in [0, 0.1) is 0 Å². The van der Waals surface area contributed by atoms with Crippen LogP contribution in [0.3, 0.4) is 0 Å². The third-order valence-corrected chi connectivity index (χ3v) is 4.11. The van der Waals surface area contributed by atoms with E-state index in [9.17, 15) is 13.2 Å². The van der Waals surface area contributed by atoms with Gasteiger partial charge < -0.3 is 19.7 Å². The molecule has 132 valence electrons. The van der Waals surface area contributed by atoms with Crippen LogP contribution in [-0.4, -0.2) is 29.9 Å². The zero-order valence-corrected chi connectivity index (χ0v) is 13.1. The Morgan fingerprint density at radius 2 is 1.84 bits per heavy atom. The molecule has 2 aromatic rings. The smallest absolute Gasteiger partial charge is 0.421 e. The van der Waals surface area contributed by atoms with Gasteiger partial charge in [0.1, 0.15) is 11.4 Å². The molecule has 1 aromatic heterocycles. The number of hydrogen-bond acceptors (Lipinski definition) is 6. The summed E-state index contributed by atoms with van der Waals surface area (Å²) >= 11 is 0. The number of benzene rings is 1. The van der Waals surface area contributed by atoms with Crippen molar-refractivity contribution in [2.24, 2.45) is 0 Å². The molecule has 1 aromatic carbocycles. The Morgan fingerprint density at radius 1 is 1.08 bits per heavy atom. The average molecular weight is 352 g/mol. The zero-order valence-electron chi connectivity index (χ0n) is 13.1. The van der Waals surface area contributed by atoms with E-state index in [4.69, 9.17) is 9.47 Å². The number of halogens is 3. The Kier molecular flexibility index (Phi) is 3.78. The lowest BCUT2D eigenvalue weighted by atomic mass is 10.2. The normalized spacial score (nSPS) is 16.4. The van der Waals surface area contributed by atoms with Gasteiger partial charge in [0.05, 0.1) is 0 Å². The van der Waals surface area contributed by atoms with E-state index in [0.29, 0.717) is 30.3 Å². The number of nitrogens with one attached hydrogen (secondary N) is 1. The molecule has 0 saturated carbocycles. The summed E-state index contributed by atoms with van der Waals surface area (Å²) in [6, 6.07) is 5.14. The van der Waals surface area contributed by atoms with Crippen LogP contribution >= 0.6 is 0 Å². The lowest BCUT2D eigenvalue weighted by Gasteiger charge is -2.21. The Morgan fingerprint density at radius 3 is 2.60 bits per heavy atom. The summed E-state index contributed by atoms with van der Waals surface area (Å²) in [6.07, 6.45) is -1.95. The van der Waals surface area contributed by atoms with Gasteiger partial charge in [0, 0.05) is 31.0 Å². The highest BCUT2D eigenvalue weighted by atomic mass is 19.4. The van der Waals surface area contributed by atoms with Crippen molar-refractivity contribution < 1.29 is 22.6 Å². The van der Waals surface area contributed by atoms with E-state index < -0.39 is 11.7 Å². The third kappa shape index (κ3) is 3.13. The topological polar surface area (TPSA) is 59.5 Å². The second-order valence-electron chi connectivity index (χ2n) is 5.82. The molecule has 2 aliphatic heterocycles. The van der Waals surface area contributed by atoms with E-state index in [2.05, 4.69) is 15.3 Å². The van der Waals surface area contributed by atoms with Crippen LogP contribution in [0.1, 0.15) is 18.4 Å². The molecular formula is C16H15F3N4O2. The second kappa shape index (κ2) is 5.98. The summed E-state index contributed by atoms with van der Waals surface area (Å²) in [5.74, 6) is 1.21. The predicted molar refractivity (Wildman–Crippen MR) is 84.3 cm³/mol. The largest absolute Gasteiger partial charge is 0.454 e. The van der Waals surface area contributed by atoms with E-state index in [0.717, 1.165) is 19.0 Å². The van der Waals surface area contributed by atoms with E-state index >= 15 is 0 Å². The van der Waals surface area contributed by atoms with E-state index in [1.165, 1.54) is 0 Å². The van der Waals surface area contributed by atoms with Crippen LogP contribution < -0.4 is 19.7 Å². The highest BCUT2D eigenvalue weighted by molar-refractivity contribution is 5.62. The molecule has 6 nitrogen and oxygen atoms in total. The fourth-order valence-corrected chi connectivity index (χ4v) is 2.91. The van der Waals surface area contributed by atoms with E-state index in [-0.39, 0.29) is 18.6 Å². The molecule has 0 aliphatic carbocycles. The van der Waals surface area contributed by atoms with Gasteiger partial charge in [-0.05, 0) is 25.0 Å². The minimum absolute atomic E-state index is 0.0803. The van der Waals surface area contributed by atoms with Crippen molar-refractivity contribution in [3.63, 3.8) is 0 Å². The average Bonchev–Trinajstić information content (AvgIpc) is 3.25. The number of nitrogens with zero attached hydrogens (tertiary/aromatic N) is 3. The van der Waals surface area contributed by atoms with Gasteiger partial charge in [-0.15, -0.1) is 0 Å². The molecule has 4 rings (SSSR count). The van der Waals surface area contributed by atoms with Crippen LogP contribution in [-0.2, 0) is 6.18 Å². The number of hydrogen-bond donors (Lipinski definition) is 1. The van der Waals surface area contributed by atoms with Crippen molar-refractivity contribution in [1.29, 1.82) is 0 Å². The Bertz CT molecular complexity index is 791. The zero-order chi connectivity index (χ0) is 17.4. The summed E-state index contributed by atoms with van der Waals surface area (Å²) in [5, 5.41) is 2.92. The highest BCUT2D eigenvalue weighted by Gasteiger charge is 2.37. The fourth-order valence-electron chi connectivity index (χ4n) is 2.91. The maximum Gasteiger partial charge on any atom is 0.421 e. The number of ether oxygens (including phenoxy) is 2. The molecular weight excluding hydrogens is 337 g/mol. The van der Waals surface area contributed by atoms with Gasteiger partial charge >= 0.3 is 6.18 Å². The van der Waals surface area contributed by atoms with Gasteiger partial charge in [0.25, 0.3) is 0 Å². The molecule has 2 aliphatic rings. The summed E-state index contributed by atoms with van der Waals surface area (Å²) in [5.41, 5.74) is -0.206. The van der Waals surface area contributed by atoms with Gasteiger partial charge in [-0.3, -0.25) is 0 Å². The van der Waals surface area contributed by atoms with Crippen molar-refractivity contribution in [2.75, 3.05) is 30.1 Å². The van der Waals surface area contributed by atoms with Gasteiger partial charge in [0.15, 0.2) is 11.5 Å². The minimum Gasteiger partial charge on any atom is -0.454 e. The molecule has 1 fully saturated rings. The predicted octanol–water partition coefficient (Wildman–Crippen LogP) is 3.57. The molecule has 9 heteroatoms. The standard InChI is InChI=1S/C16H15F3N4O2/c17-16(18,19)11-8-20-15(22-14(11)23-5-1-2-6-23)21-10-3-4-12-13(7-10)25-9-24-12/h3-4,7-8H,1-2,5-6,9H2,(H,20,21,22). The molecule has 0 unspecified atom stereocenters. The molecule has 0 bridgehead atoms. The first-order chi connectivity index (χ1) is 12.0. The fraction of sp³-hybridized carbons (Fsp3) is 0.375. The Labute approximate surface area is 141 Å². The highest BCUT2D eigenvalue weighted by Crippen LogP contribution is 2.38. The summed E-state index contributed by atoms with van der Waals surface area (Å²) in [7, 11) is 0. The van der Waals surface area contributed by atoms with Crippen molar-refractivity contribution >= 4 is 17.5 Å². The Balaban J connectivity index is 1.65. The van der Waals surface area contributed by atoms with Crippen LogP contribution in [0.15, 0.2) is 24.4 Å². The first-order valence-corrected chi connectivity index (χ1v) is 7.86. The van der Waals surface area contributed by atoms with Crippen molar-refractivity contribution in [2.45, 2.75) is 19.0 Å². The molecule has 25 heavy (non-hydrogen) atoms. The SMILES string of the molecule is FC(F)(F)c1cnc(Nc2ccc3c(c2)OCO3)nc1N1CCCC1. The lowest BCUT2D eigenvalue weighted by molar-refractivity contribution is -0.137. The van der Waals surface area contributed by atoms with Crippen LogP contribution in [0.4, 0.5) is 30.6 Å². The number of aromatic nitrogens is 2. The lowest BCUT2D eigenvalue weighted by Crippen LogP contribution is -2.24. The minimum atomic E-state index is -4.49. The van der Waals surface area contributed by atoms with Gasteiger partial charge in [-0.1, -0.05) is 0 Å². The summed E-state index contributed by atoms with van der Waals surface area (Å²) in [6.45, 7) is 1.27. The van der Waals surface area contributed by atoms with E-state index in [1.54, 1.807) is 23.1 Å². The molecule has 0 amide bonds. The first-order valence-electron chi connectivity index (χ1n) is 7.86. The van der Waals surface area contributed by atoms with Crippen LogP contribution in [0.5, 0.6) is 11.5 Å². The van der Waals surface area contributed by atoms with E-state index in [1.807, 2.05) is 0 Å². The number of anilines is 3. The van der Waals surface area contributed by atoms with Crippen LogP contribution in [0.2, 0.25) is 0 Å². The van der Waals surface area contributed by atoms with Gasteiger partial charge in [0.2, 0.25) is 12.7 Å². The van der Waals surface area contributed by atoms with Crippen molar-refractivity contribution in [3.05, 3.63) is 30.0 Å². The maximum atomic E-state index is 13.3. The molecule has 1 saturated heterocycles. The quantitative estimate of drug-likeness (QED) is 0.911. The maximum absolute atomic E-state index is 13.3. The third-order valence-electron chi connectivity index (χ3n) is 4.11. The molecule has 0 spiro atoms. The first kappa shape index (κ1) is 15.8. The van der Waals surface area contributed by atoms with Crippen LogP contribution in [0.25, 0.3) is 0 Å². The van der Waals surface area contributed by atoms with Crippen molar-refractivity contribution in [3.8, 4) is 11.5 Å².